The molecule has 0 spiro atoms. The smallest absolute Gasteiger partial charge is 0.0126 e. The summed E-state index contributed by atoms with van der Waals surface area (Å²) in [5.74, 6) is 4.96. The summed E-state index contributed by atoms with van der Waals surface area (Å²) in [6.45, 7) is 11.8. The van der Waals surface area contributed by atoms with Crippen LogP contribution in [-0.2, 0) is 0 Å². The first-order valence-electron chi connectivity index (χ1n) is 12.9. The third kappa shape index (κ3) is 6.76. The molecule has 3 aliphatic rings. The van der Waals surface area contributed by atoms with Crippen LogP contribution in [0.1, 0.15) is 125 Å². The van der Waals surface area contributed by atoms with E-state index in [2.05, 4.69) is 39.9 Å². The molecule has 1 N–H and O–H groups in total. The van der Waals surface area contributed by atoms with Gasteiger partial charge in [0.15, 0.2) is 0 Å². The fourth-order valence-corrected chi connectivity index (χ4v) is 6.46. The fraction of sp³-hybridized carbons (Fsp3) is 1.00. The van der Waals surface area contributed by atoms with Gasteiger partial charge in [0, 0.05) is 12.1 Å². The highest BCUT2D eigenvalue weighted by Crippen LogP contribution is 2.44. The molecule has 160 valence electrons. The molecule has 1 heteroatoms. The van der Waals surface area contributed by atoms with Gasteiger partial charge in [-0.1, -0.05) is 98.8 Å². The van der Waals surface area contributed by atoms with Crippen molar-refractivity contribution in [2.24, 2.45) is 29.6 Å². The Morgan fingerprint density at radius 2 is 1.41 bits per heavy atom. The highest BCUT2D eigenvalue weighted by Gasteiger charge is 2.41. The highest BCUT2D eigenvalue weighted by molar-refractivity contribution is 4.96. The predicted octanol–water partition coefficient (Wildman–Crippen LogP) is 7.98. The lowest BCUT2D eigenvalue weighted by Crippen LogP contribution is -2.55. The lowest BCUT2D eigenvalue weighted by atomic mass is 9.64. The van der Waals surface area contributed by atoms with Gasteiger partial charge in [-0.05, 0) is 55.3 Å². The molecule has 0 aromatic carbocycles. The Morgan fingerprint density at radius 1 is 0.778 bits per heavy atom. The Labute approximate surface area is 171 Å². The van der Waals surface area contributed by atoms with Crippen LogP contribution in [0.4, 0.5) is 0 Å². The Bertz CT molecular complexity index is 376. The van der Waals surface area contributed by atoms with E-state index in [1.807, 2.05) is 0 Å². The number of hydrogen-bond donors (Lipinski definition) is 1. The summed E-state index contributed by atoms with van der Waals surface area (Å²) in [6.07, 6.45) is 20.4. The molecular formula is C26H51N. The highest BCUT2D eigenvalue weighted by atomic mass is 15.0. The molecule has 2 aliphatic carbocycles. The molecule has 7 atom stereocenters. The van der Waals surface area contributed by atoms with E-state index in [0.717, 1.165) is 41.7 Å². The largest absolute Gasteiger partial charge is 0.311 e. The second kappa shape index (κ2) is 12.5. The first-order valence-corrected chi connectivity index (χ1v) is 12.9. The first-order chi connectivity index (χ1) is 13.1. The molecule has 1 saturated heterocycles. The van der Waals surface area contributed by atoms with E-state index in [9.17, 15) is 0 Å². The second-order valence-electron chi connectivity index (χ2n) is 10.2. The van der Waals surface area contributed by atoms with E-state index < -0.39 is 0 Å². The molecule has 1 nitrogen and oxygen atoms in total. The van der Waals surface area contributed by atoms with Crippen molar-refractivity contribution in [1.29, 1.82) is 0 Å². The summed E-state index contributed by atoms with van der Waals surface area (Å²) in [7, 11) is 0. The van der Waals surface area contributed by atoms with Crippen LogP contribution in [0.2, 0.25) is 0 Å². The SMILES string of the molecule is CCC1CC2CCCCC2C(C(C)CC2CCCCC2CC)N1.CCCC. The topological polar surface area (TPSA) is 12.0 Å². The van der Waals surface area contributed by atoms with Gasteiger partial charge in [0.1, 0.15) is 0 Å². The summed E-state index contributed by atoms with van der Waals surface area (Å²) in [6, 6.07) is 1.62. The molecule has 0 bridgehead atoms. The molecule has 7 unspecified atom stereocenters. The van der Waals surface area contributed by atoms with Gasteiger partial charge in [-0.3, -0.25) is 0 Å². The van der Waals surface area contributed by atoms with Gasteiger partial charge in [0.05, 0.1) is 0 Å². The zero-order valence-corrected chi connectivity index (χ0v) is 19.4. The zero-order valence-electron chi connectivity index (χ0n) is 19.4. The van der Waals surface area contributed by atoms with Gasteiger partial charge in [-0.2, -0.15) is 0 Å². The van der Waals surface area contributed by atoms with Gasteiger partial charge in [-0.15, -0.1) is 0 Å². The van der Waals surface area contributed by atoms with Crippen LogP contribution in [0, 0.1) is 29.6 Å². The predicted molar refractivity (Wildman–Crippen MR) is 121 cm³/mol. The lowest BCUT2D eigenvalue weighted by Gasteiger charge is -2.48. The molecule has 0 aromatic heterocycles. The van der Waals surface area contributed by atoms with Crippen molar-refractivity contribution in [2.75, 3.05) is 0 Å². The molecule has 3 rings (SSSR count). The maximum absolute atomic E-state index is 4.12. The van der Waals surface area contributed by atoms with Crippen LogP contribution >= 0.6 is 0 Å². The Morgan fingerprint density at radius 3 is 2.04 bits per heavy atom. The quantitative estimate of drug-likeness (QED) is 0.494. The number of hydrogen-bond acceptors (Lipinski definition) is 1. The lowest BCUT2D eigenvalue weighted by molar-refractivity contribution is 0.0606. The second-order valence-corrected chi connectivity index (χ2v) is 10.2. The average Bonchev–Trinajstić information content (AvgIpc) is 2.73. The molecule has 2 saturated carbocycles. The van der Waals surface area contributed by atoms with Crippen LogP contribution in [-0.4, -0.2) is 12.1 Å². The van der Waals surface area contributed by atoms with Crippen LogP contribution < -0.4 is 5.32 Å². The van der Waals surface area contributed by atoms with Crippen molar-refractivity contribution in [2.45, 2.75) is 137 Å². The maximum Gasteiger partial charge on any atom is 0.0126 e. The first kappa shape index (κ1) is 23.2. The molecule has 0 aromatic rings. The van der Waals surface area contributed by atoms with Crippen LogP contribution in [0.25, 0.3) is 0 Å². The summed E-state index contributed by atoms with van der Waals surface area (Å²) < 4.78 is 0. The normalized spacial score (nSPS) is 37.7. The molecule has 0 amide bonds. The standard InChI is InChI=1S/C22H41N.C4H10/c1-4-17-10-6-7-11-18(17)14-16(3)22-21-13-9-8-12-19(21)15-20(5-2)23-22;1-3-4-2/h16-23H,4-15H2,1-3H3;3-4H2,1-2H3. The van der Waals surface area contributed by atoms with Gasteiger partial charge in [0.2, 0.25) is 0 Å². The zero-order chi connectivity index (χ0) is 19.6. The van der Waals surface area contributed by atoms with E-state index in [0.29, 0.717) is 0 Å². The summed E-state index contributed by atoms with van der Waals surface area (Å²) >= 11 is 0. The van der Waals surface area contributed by atoms with E-state index in [-0.39, 0.29) is 0 Å². The number of piperidine rings is 1. The monoisotopic (exact) mass is 377 g/mol. The van der Waals surface area contributed by atoms with Gasteiger partial charge >= 0.3 is 0 Å². The van der Waals surface area contributed by atoms with E-state index in [4.69, 9.17) is 0 Å². The molecule has 0 radical (unpaired) electrons. The number of nitrogens with one attached hydrogen (secondary N) is 1. The molecule has 1 aliphatic heterocycles. The number of rotatable bonds is 6. The van der Waals surface area contributed by atoms with Gasteiger partial charge < -0.3 is 5.32 Å². The number of fused-ring (bicyclic) bond motifs is 1. The van der Waals surface area contributed by atoms with Crippen molar-refractivity contribution in [1.82, 2.24) is 5.32 Å². The van der Waals surface area contributed by atoms with E-state index >= 15 is 0 Å². The summed E-state index contributed by atoms with van der Waals surface area (Å²) in [5.41, 5.74) is 0. The fourth-order valence-electron chi connectivity index (χ4n) is 6.46. The third-order valence-corrected chi connectivity index (χ3v) is 8.32. The Balaban J connectivity index is 0.000000596. The van der Waals surface area contributed by atoms with Crippen LogP contribution in [0.5, 0.6) is 0 Å². The van der Waals surface area contributed by atoms with Crippen molar-refractivity contribution in [3.8, 4) is 0 Å². The summed E-state index contributed by atoms with van der Waals surface area (Å²) in [5, 5.41) is 4.12. The summed E-state index contributed by atoms with van der Waals surface area (Å²) in [4.78, 5) is 0. The van der Waals surface area contributed by atoms with E-state index in [1.165, 1.54) is 89.9 Å². The number of unbranched alkanes of at least 4 members (excludes halogenated alkanes) is 1. The minimum atomic E-state index is 0.801. The average molecular weight is 378 g/mol. The minimum Gasteiger partial charge on any atom is -0.311 e. The molecule has 27 heavy (non-hydrogen) atoms. The minimum absolute atomic E-state index is 0.801. The molecular weight excluding hydrogens is 326 g/mol. The van der Waals surface area contributed by atoms with E-state index in [1.54, 1.807) is 0 Å². The van der Waals surface area contributed by atoms with Gasteiger partial charge in [0.25, 0.3) is 0 Å². The van der Waals surface area contributed by atoms with Crippen molar-refractivity contribution < 1.29 is 0 Å². The van der Waals surface area contributed by atoms with Crippen LogP contribution in [0.3, 0.4) is 0 Å². The van der Waals surface area contributed by atoms with Crippen molar-refractivity contribution >= 4 is 0 Å². The Hall–Kier alpha value is -0.0400. The maximum atomic E-state index is 4.12. The third-order valence-electron chi connectivity index (χ3n) is 8.32. The van der Waals surface area contributed by atoms with Crippen LogP contribution in [0.15, 0.2) is 0 Å². The van der Waals surface area contributed by atoms with Crippen molar-refractivity contribution in [3.63, 3.8) is 0 Å². The van der Waals surface area contributed by atoms with Gasteiger partial charge in [-0.25, -0.2) is 0 Å². The Kier molecular flexibility index (Phi) is 10.8. The van der Waals surface area contributed by atoms with Crippen molar-refractivity contribution in [3.05, 3.63) is 0 Å². The molecule has 1 heterocycles. The molecule has 3 fully saturated rings.